The first-order valence-electron chi connectivity index (χ1n) is 4.05. The number of alkyl halides is 2. The van der Waals surface area contributed by atoms with E-state index >= 15 is 0 Å². The van der Waals surface area contributed by atoms with E-state index in [0.717, 1.165) is 0 Å². The van der Waals surface area contributed by atoms with Gasteiger partial charge in [-0.3, -0.25) is 4.79 Å². The summed E-state index contributed by atoms with van der Waals surface area (Å²) in [5, 5.41) is 0. The van der Waals surface area contributed by atoms with Gasteiger partial charge in [-0.15, -0.1) is 11.6 Å². The van der Waals surface area contributed by atoms with Gasteiger partial charge in [0, 0.05) is 11.4 Å². The van der Waals surface area contributed by atoms with E-state index in [4.69, 9.17) is 11.6 Å². The topological polar surface area (TPSA) is 17.1 Å². The van der Waals surface area contributed by atoms with E-state index in [-0.39, 0.29) is 11.7 Å². The number of halogens is 3. The molecule has 0 aliphatic heterocycles. The maximum Gasteiger partial charge on any atom is 0.147 e. The monoisotopic (exact) mass is 278 g/mol. The van der Waals surface area contributed by atoms with Crippen molar-refractivity contribution < 1.29 is 9.18 Å². The Kier molecular flexibility index (Phi) is 4.08. The number of rotatable bonds is 3. The number of hydrogen-bond donors (Lipinski definition) is 0. The average molecular weight is 280 g/mol. The van der Waals surface area contributed by atoms with Crippen LogP contribution in [0.1, 0.15) is 22.9 Å². The van der Waals surface area contributed by atoms with E-state index in [1.54, 1.807) is 12.1 Å². The summed E-state index contributed by atoms with van der Waals surface area (Å²) in [6, 6.07) is 4.61. The Morgan fingerprint density at radius 3 is 2.79 bits per heavy atom. The molecule has 1 nitrogen and oxygen atoms in total. The molecule has 76 valence electrons. The van der Waals surface area contributed by atoms with Crippen molar-refractivity contribution in [2.45, 2.75) is 17.6 Å². The Morgan fingerprint density at radius 2 is 2.29 bits per heavy atom. The normalized spacial score (nSPS) is 12.6. The van der Waals surface area contributed by atoms with Gasteiger partial charge in [-0.25, -0.2) is 4.39 Å². The third-order valence-corrected chi connectivity index (χ3v) is 3.29. The van der Waals surface area contributed by atoms with E-state index in [2.05, 4.69) is 15.9 Å². The van der Waals surface area contributed by atoms with Crippen LogP contribution in [-0.4, -0.2) is 5.78 Å². The van der Waals surface area contributed by atoms with Gasteiger partial charge in [0.2, 0.25) is 0 Å². The maximum atomic E-state index is 13.4. The molecule has 1 unspecified atom stereocenters. The van der Waals surface area contributed by atoms with Gasteiger partial charge in [0.1, 0.15) is 16.4 Å². The summed E-state index contributed by atoms with van der Waals surface area (Å²) in [6.45, 7) is 1.41. The van der Waals surface area contributed by atoms with Crippen molar-refractivity contribution in [3.63, 3.8) is 0 Å². The first kappa shape index (κ1) is 11.7. The van der Waals surface area contributed by atoms with Crippen molar-refractivity contribution in [1.29, 1.82) is 0 Å². The van der Waals surface area contributed by atoms with Crippen molar-refractivity contribution in [3.05, 3.63) is 35.1 Å². The standard InChI is InChI=1S/C10H9BrClFO/c1-6(14)10(11)9-7(5-12)3-2-4-8(9)13/h2-4,10H,5H2,1H3. The van der Waals surface area contributed by atoms with Gasteiger partial charge in [-0.1, -0.05) is 28.1 Å². The second-order valence-electron chi connectivity index (χ2n) is 2.92. The third-order valence-electron chi connectivity index (χ3n) is 1.90. The highest BCUT2D eigenvalue weighted by Gasteiger charge is 2.19. The van der Waals surface area contributed by atoms with Crippen molar-refractivity contribution in [3.8, 4) is 0 Å². The molecular formula is C10H9BrClFO. The van der Waals surface area contributed by atoms with E-state index in [1.165, 1.54) is 13.0 Å². The van der Waals surface area contributed by atoms with Crippen LogP contribution in [0.2, 0.25) is 0 Å². The van der Waals surface area contributed by atoms with Gasteiger partial charge >= 0.3 is 0 Å². The molecule has 1 aromatic rings. The first-order chi connectivity index (χ1) is 6.57. The first-order valence-corrected chi connectivity index (χ1v) is 5.50. The lowest BCUT2D eigenvalue weighted by Crippen LogP contribution is -2.06. The van der Waals surface area contributed by atoms with Crippen molar-refractivity contribution in [1.82, 2.24) is 0 Å². The number of carbonyl (C=O) groups excluding carboxylic acids is 1. The van der Waals surface area contributed by atoms with Crippen LogP contribution in [0.5, 0.6) is 0 Å². The molecule has 0 radical (unpaired) electrons. The Morgan fingerprint density at radius 1 is 1.64 bits per heavy atom. The van der Waals surface area contributed by atoms with Crippen molar-refractivity contribution in [2.75, 3.05) is 0 Å². The van der Waals surface area contributed by atoms with Gasteiger partial charge in [0.05, 0.1) is 0 Å². The number of carbonyl (C=O) groups is 1. The molecule has 0 spiro atoms. The number of Topliss-reactive ketones (excluding diaryl/α,β-unsaturated/α-hetero) is 1. The summed E-state index contributed by atoms with van der Waals surface area (Å²) in [5.41, 5.74) is 0.985. The van der Waals surface area contributed by atoms with E-state index in [1.807, 2.05) is 0 Å². The molecule has 14 heavy (non-hydrogen) atoms. The molecule has 0 bridgehead atoms. The van der Waals surface area contributed by atoms with Crippen LogP contribution in [-0.2, 0) is 10.7 Å². The van der Waals surface area contributed by atoms with Gasteiger partial charge in [-0.2, -0.15) is 0 Å². The van der Waals surface area contributed by atoms with Gasteiger partial charge in [0.15, 0.2) is 0 Å². The van der Waals surface area contributed by atoms with Crippen LogP contribution >= 0.6 is 27.5 Å². The molecule has 1 aromatic carbocycles. The predicted octanol–water partition coefficient (Wildman–Crippen LogP) is 3.59. The summed E-state index contributed by atoms with van der Waals surface area (Å²) in [5.74, 6) is -0.343. The number of ketones is 1. The lowest BCUT2D eigenvalue weighted by molar-refractivity contribution is -0.116. The van der Waals surface area contributed by atoms with Crippen LogP contribution in [0, 0.1) is 5.82 Å². The quantitative estimate of drug-likeness (QED) is 0.773. The Labute approximate surface area is 95.4 Å². The minimum absolute atomic E-state index is 0.138. The molecule has 0 aromatic heterocycles. The summed E-state index contributed by atoms with van der Waals surface area (Å²) < 4.78 is 13.4. The Balaban J connectivity index is 3.23. The third kappa shape index (κ3) is 2.34. The Hall–Kier alpha value is -0.410. The summed E-state index contributed by atoms with van der Waals surface area (Å²) in [4.78, 5) is 10.5. The maximum absolute atomic E-state index is 13.4. The highest BCUT2D eigenvalue weighted by molar-refractivity contribution is 9.09. The number of hydrogen-bond acceptors (Lipinski definition) is 1. The molecule has 0 heterocycles. The molecular weight excluding hydrogens is 270 g/mol. The molecule has 0 fully saturated rings. The fourth-order valence-electron chi connectivity index (χ4n) is 1.19. The zero-order valence-corrected chi connectivity index (χ0v) is 9.90. The second kappa shape index (κ2) is 4.89. The Bertz CT molecular complexity index is 354. The lowest BCUT2D eigenvalue weighted by Gasteiger charge is -2.11. The minimum Gasteiger partial charge on any atom is -0.298 e. The predicted molar refractivity (Wildman–Crippen MR) is 58.3 cm³/mol. The summed E-state index contributed by atoms with van der Waals surface area (Å²) in [7, 11) is 0. The molecule has 0 saturated carbocycles. The van der Waals surface area contributed by atoms with Gasteiger partial charge in [-0.05, 0) is 18.6 Å². The summed E-state index contributed by atoms with van der Waals surface area (Å²) >= 11 is 8.80. The van der Waals surface area contributed by atoms with Crippen LogP contribution in [0.25, 0.3) is 0 Å². The van der Waals surface area contributed by atoms with Crippen LogP contribution in [0.15, 0.2) is 18.2 Å². The van der Waals surface area contributed by atoms with Crippen LogP contribution in [0.3, 0.4) is 0 Å². The van der Waals surface area contributed by atoms with Crippen molar-refractivity contribution in [2.24, 2.45) is 0 Å². The molecule has 1 atom stereocenters. The lowest BCUT2D eigenvalue weighted by atomic mass is 10.0. The van der Waals surface area contributed by atoms with Gasteiger partial charge in [0.25, 0.3) is 0 Å². The van der Waals surface area contributed by atoms with Gasteiger partial charge < -0.3 is 0 Å². The molecule has 0 saturated heterocycles. The zero-order chi connectivity index (χ0) is 10.7. The minimum atomic E-state index is -0.613. The smallest absolute Gasteiger partial charge is 0.147 e. The van der Waals surface area contributed by atoms with Crippen LogP contribution in [0.4, 0.5) is 4.39 Å². The molecule has 4 heteroatoms. The van der Waals surface area contributed by atoms with Crippen molar-refractivity contribution >= 4 is 33.3 Å². The highest BCUT2D eigenvalue weighted by Crippen LogP contribution is 2.30. The molecule has 0 aliphatic carbocycles. The second-order valence-corrected chi connectivity index (χ2v) is 4.10. The van der Waals surface area contributed by atoms with E-state index in [0.29, 0.717) is 11.1 Å². The fourth-order valence-corrected chi connectivity index (χ4v) is 1.93. The van der Waals surface area contributed by atoms with Crippen LogP contribution < -0.4 is 0 Å². The number of benzene rings is 1. The molecule has 0 aliphatic rings. The molecule has 0 N–H and O–H groups in total. The SMILES string of the molecule is CC(=O)C(Br)c1c(F)cccc1CCl. The zero-order valence-electron chi connectivity index (χ0n) is 7.56. The van der Waals surface area contributed by atoms with E-state index < -0.39 is 10.6 Å². The largest absolute Gasteiger partial charge is 0.298 e. The highest BCUT2D eigenvalue weighted by atomic mass is 79.9. The average Bonchev–Trinajstić information content (AvgIpc) is 2.16. The molecule has 0 amide bonds. The van der Waals surface area contributed by atoms with E-state index in [9.17, 15) is 9.18 Å². The summed E-state index contributed by atoms with van der Waals surface area (Å²) in [6.07, 6.45) is 0. The molecule has 1 rings (SSSR count). The fraction of sp³-hybridized carbons (Fsp3) is 0.300.